The van der Waals surface area contributed by atoms with Gasteiger partial charge < -0.3 is 10.5 Å². The van der Waals surface area contributed by atoms with Crippen molar-refractivity contribution in [1.82, 2.24) is 0 Å². The fraction of sp³-hybridized carbons (Fsp3) is 0.538. The molecule has 0 saturated heterocycles. The highest BCUT2D eigenvalue weighted by atomic mass is 16.5. The van der Waals surface area contributed by atoms with Gasteiger partial charge in [0.1, 0.15) is 5.75 Å². The monoisotopic (exact) mass is 207 g/mol. The molecule has 0 aliphatic carbocycles. The van der Waals surface area contributed by atoms with Crippen LogP contribution in [0.5, 0.6) is 5.75 Å². The van der Waals surface area contributed by atoms with Crippen molar-refractivity contribution in [2.24, 2.45) is 5.73 Å². The molecule has 0 aromatic heterocycles. The summed E-state index contributed by atoms with van der Waals surface area (Å²) in [6.45, 7) is 4.99. The highest BCUT2D eigenvalue weighted by Gasteiger charge is 2.06. The average Bonchev–Trinajstić information content (AvgIpc) is 2.22. The summed E-state index contributed by atoms with van der Waals surface area (Å²) in [6.07, 6.45) is 3.35. The van der Waals surface area contributed by atoms with E-state index in [1.807, 2.05) is 0 Å². The molecule has 1 aromatic carbocycles. The van der Waals surface area contributed by atoms with Crippen LogP contribution < -0.4 is 10.5 Å². The van der Waals surface area contributed by atoms with Gasteiger partial charge in [0.15, 0.2) is 0 Å². The number of unbranched alkanes of at least 4 members (excludes halogenated alkanes) is 1. The quantitative estimate of drug-likeness (QED) is 0.753. The van der Waals surface area contributed by atoms with E-state index in [1.54, 1.807) is 7.11 Å². The smallest absolute Gasteiger partial charge is 0.124 e. The van der Waals surface area contributed by atoms with Gasteiger partial charge >= 0.3 is 0 Å². The molecule has 0 atom stereocenters. The highest BCUT2D eigenvalue weighted by Crippen LogP contribution is 2.26. The van der Waals surface area contributed by atoms with Crippen LogP contribution in [0, 0.1) is 13.8 Å². The van der Waals surface area contributed by atoms with Crippen molar-refractivity contribution in [3.8, 4) is 5.75 Å². The minimum Gasteiger partial charge on any atom is -0.496 e. The van der Waals surface area contributed by atoms with Crippen LogP contribution >= 0.6 is 0 Å². The maximum atomic E-state index is 5.49. The topological polar surface area (TPSA) is 35.2 Å². The molecule has 0 heterocycles. The lowest BCUT2D eigenvalue weighted by Gasteiger charge is -2.12. The van der Waals surface area contributed by atoms with Crippen molar-refractivity contribution in [2.75, 3.05) is 13.7 Å². The second-order valence-electron chi connectivity index (χ2n) is 3.95. The Morgan fingerprint density at radius 1 is 1.20 bits per heavy atom. The molecule has 0 fully saturated rings. The number of nitrogens with two attached hydrogens (primary N) is 1. The van der Waals surface area contributed by atoms with E-state index in [9.17, 15) is 0 Å². The van der Waals surface area contributed by atoms with Gasteiger partial charge in [-0.3, -0.25) is 0 Å². The zero-order chi connectivity index (χ0) is 11.3. The third kappa shape index (κ3) is 2.96. The SMILES string of the molecule is COc1c(C)ccc(CCCCN)c1C. The van der Waals surface area contributed by atoms with Gasteiger partial charge in [0, 0.05) is 0 Å². The molecule has 0 bridgehead atoms. The molecule has 0 saturated carbocycles. The van der Waals surface area contributed by atoms with Gasteiger partial charge in [-0.05, 0) is 56.3 Å². The lowest BCUT2D eigenvalue weighted by Crippen LogP contribution is -2.01. The van der Waals surface area contributed by atoms with Gasteiger partial charge in [-0.25, -0.2) is 0 Å². The van der Waals surface area contributed by atoms with Crippen LogP contribution in [0.4, 0.5) is 0 Å². The molecular formula is C13H21NO. The molecule has 84 valence electrons. The molecule has 2 nitrogen and oxygen atoms in total. The third-order valence-corrected chi connectivity index (χ3v) is 2.82. The van der Waals surface area contributed by atoms with Crippen LogP contribution in [-0.2, 0) is 6.42 Å². The fourth-order valence-electron chi connectivity index (χ4n) is 1.91. The predicted octanol–water partition coefficient (Wildman–Crippen LogP) is 2.59. The number of benzene rings is 1. The molecule has 15 heavy (non-hydrogen) atoms. The van der Waals surface area contributed by atoms with Gasteiger partial charge in [-0.15, -0.1) is 0 Å². The zero-order valence-electron chi connectivity index (χ0n) is 9.97. The number of methoxy groups -OCH3 is 1. The van der Waals surface area contributed by atoms with E-state index >= 15 is 0 Å². The van der Waals surface area contributed by atoms with Gasteiger partial charge in [0.2, 0.25) is 0 Å². The van der Waals surface area contributed by atoms with Gasteiger partial charge in [0.05, 0.1) is 7.11 Å². The Balaban J connectivity index is 2.80. The first-order valence-corrected chi connectivity index (χ1v) is 5.53. The zero-order valence-corrected chi connectivity index (χ0v) is 9.97. The number of rotatable bonds is 5. The summed E-state index contributed by atoms with van der Waals surface area (Å²) < 4.78 is 5.40. The van der Waals surface area contributed by atoms with Gasteiger partial charge in [-0.1, -0.05) is 12.1 Å². The lowest BCUT2D eigenvalue weighted by molar-refractivity contribution is 0.408. The van der Waals surface area contributed by atoms with E-state index in [0.29, 0.717) is 0 Å². The van der Waals surface area contributed by atoms with E-state index in [-0.39, 0.29) is 0 Å². The van der Waals surface area contributed by atoms with Crippen LogP contribution in [-0.4, -0.2) is 13.7 Å². The number of hydrogen-bond acceptors (Lipinski definition) is 2. The highest BCUT2D eigenvalue weighted by molar-refractivity contribution is 5.45. The van der Waals surface area contributed by atoms with Crippen molar-refractivity contribution >= 4 is 0 Å². The summed E-state index contributed by atoms with van der Waals surface area (Å²) in [5.74, 6) is 1.03. The second kappa shape index (κ2) is 5.76. The largest absolute Gasteiger partial charge is 0.496 e. The Kier molecular flexibility index (Phi) is 4.63. The Morgan fingerprint density at radius 2 is 1.93 bits per heavy atom. The van der Waals surface area contributed by atoms with Gasteiger partial charge in [0.25, 0.3) is 0 Å². The first kappa shape index (κ1) is 12.1. The fourth-order valence-corrected chi connectivity index (χ4v) is 1.91. The molecule has 1 aromatic rings. The summed E-state index contributed by atoms with van der Waals surface area (Å²) in [4.78, 5) is 0. The minimum atomic E-state index is 0.780. The average molecular weight is 207 g/mol. The van der Waals surface area contributed by atoms with Crippen LogP contribution in [0.2, 0.25) is 0 Å². The molecule has 0 spiro atoms. The minimum absolute atomic E-state index is 0.780. The maximum Gasteiger partial charge on any atom is 0.124 e. The normalized spacial score (nSPS) is 10.4. The summed E-state index contributed by atoms with van der Waals surface area (Å²) in [6, 6.07) is 4.33. The van der Waals surface area contributed by atoms with Crippen molar-refractivity contribution in [3.05, 3.63) is 28.8 Å². The summed E-state index contributed by atoms with van der Waals surface area (Å²) in [7, 11) is 1.74. The standard InChI is InChI=1S/C13H21NO/c1-10-7-8-12(6-4-5-9-14)11(2)13(10)15-3/h7-8H,4-6,9,14H2,1-3H3. The van der Waals surface area contributed by atoms with Crippen molar-refractivity contribution in [3.63, 3.8) is 0 Å². The molecule has 0 amide bonds. The third-order valence-electron chi connectivity index (χ3n) is 2.82. The van der Waals surface area contributed by atoms with E-state index in [4.69, 9.17) is 10.5 Å². The number of aryl methyl sites for hydroxylation is 2. The summed E-state index contributed by atoms with van der Waals surface area (Å²) in [5.41, 5.74) is 9.35. The van der Waals surface area contributed by atoms with Crippen molar-refractivity contribution in [2.45, 2.75) is 33.1 Å². The molecule has 0 aliphatic heterocycles. The number of hydrogen-bond donors (Lipinski definition) is 1. The van der Waals surface area contributed by atoms with E-state index in [0.717, 1.165) is 31.6 Å². The Hall–Kier alpha value is -1.02. The Morgan fingerprint density at radius 3 is 2.53 bits per heavy atom. The predicted molar refractivity (Wildman–Crippen MR) is 64.5 cm³/mol. The van der Waals surface area contributed by atoms with Crippen LogP contribution in [0.25, 0.3) is 0 Å². The summed E-state index contributed by atoms with van der Waals surface area (Å²) >= 11 is 0. The molecule has 0 radical (unpaired) electrons. The molecular weight excluding hydrogens is 186 g/mol. The first-order chi connectivity index (χ1) is 7.20. The molecule has 1 rings (SSSR count). The second-order valence-corrected chi connectivity index (χ2v) is 3.95. The summed E-state index contributed by atoms with van der Waals surface area (Å²) in [5, 5.41) is 0. The Bertz CT molecular complexity index is 321. The van der Waals surface area contributed by atoms with Crippen molar-refractivity contribution in [1.29, 1.82) is 0 Å². The Labute approximate surface area is 92.4 Å². The molecule has 2 heteroatoms. The maximum absolute atomic E-state index is 5.49. The molecule has 2 N–H and O–H groups in total. The van der Waals surface area contributed by atoms with E-state index in [1.165, 1.54) is 16.7 Å². The van der Waals surface area contributed by atoms with Crippen LogP contribution in [0.1, 0.15) is 29.5 Å². The van der Waals surface area contributed by atoms with E-state index < -0.39 is 0 Å². The van der Waals surface area contributed by atoms with Crippen molar-refractivity contribution < 1.29 is 4.74 Å². The van der Waals surface area contributed by atoms with Gasteiger partial charge in [-0.2, -0.15) is 0 Å². The van der Waals surface area contributed by atoms with Crippen LogP contribution in [0.15, 0.2) is 12.1 Å². The molecule has 0 unspecified atom stereocenters. The molecule has 0 aliphatic rings. The van der Waals surface area contributed by atoms with Crippen LogP contribution in [0.3, 0.4) is 0 Å². The first-order valence-electron chi connectivity index (χ1n) is 5.53. The number of ether oxygens (including phenoxy) is 1. The lowest BCUT2D eigenvalue weighted by atomic mass is 9.99. The van der Waals surface area contributed by atoms with E-state index in [2.05, 4.69) is 26.0 Å².